The lowest BCUT2D eigenvalue weighted by atomic mass is 9.64. The first kappa shape index (κ1) is 16.3. The van der Waals surface area contributed by atoms with Crippen LogP contribution in [0.2, 0.25) is 0 Å². The summed E-state index contributed by atoms with van der Waals surface area (Å²) in [6, 6.07) is 8.82. The van der Waals surface area contributed by atoms with Crippen molar-refractivity contribution in [2.45, 2.75) is 52.9 Å². The first-order valence-electron chi connectivity index (χ1n) is 7.90. The molecule has 0 amide bonds. The zero-order valence-corrected chi connectivity index (χ0v) is 14.0. The van der Waals surface area contributed by atoms with E-state index < -0.39 is 0 Å². The average molecular weight is 291 g/mol. The molecule has 0 bridgehead atoms. The van der Waals surface area contributed by atoms with Crippen LogP contribution in [-0.4, -0.2) is 25.9 Å². The van der Waals surface area contributed by atoms with Crippen LogP contribution in [0.1, 0.15) is 39.7 Å². The second-order valence-corrected chi connectivity index (χ2v) is 7.06. The van der Waals surface area contributed by atoms with Crippen molar-refractivity contribution in [3.05, 3.63) is 29.8 Å². The van der Waals surface area contributed by atoms with Gasteiger partial charge in [0.05, 0.1) is 12.7 Å². The lowest BCUT2D eigenvalue weighted by Crippen LogP contribution is -2.58. The van der Waals surface area contributed by atoms with Gasteiger partial charge in [-0.25, -0.2) is 0 Å². The molecule has 1 N–H and O–H groups in total. The van der Waals surface area contributed by atoms with Crippen molar-refractivity contribution < 1.29 is 9.47 Å². The van der Waals surface area contributed by atoms with Gasteiger partial charge < -0.3 is 14.8 Å². The van der Waals surface area contributed by atoms with E-state index in [0.717, 1.165) is 13.0 Å². The smallest absolute Gasteiger partial charge is 0.0733 e. The van der Waals surface area contributed by atoms with E-state index in [0.29, 0.717) is 24.7 Å². The van der Waals surface area contributed by atoms with Gasteiger partial charge >= 0.3 is 0 Å². The fraction of sp³-hybridized carbons (Fsp3) is 0.667. The second-order valence-electron chi connectivity index (χ2n) is 7.06. The third-order valence-electron chi connectivity index (χ3n) is 4.46. The fourth-order valence-corrected chi connectivity index (χ4v) is 2.85. The normalized spacial score (nSPS) is 23.9. The Labute approximate surface area is 129 Å². The molecule has 118 valence electrons. The van der Waals surface area contributed by atoms with E-state index in [4.69, 9.17) is 9.47 Å². The summed E-state index contributed by atoms with van der Waals surface area (Å²) >= 11 is 0. The zero-order valence-electron chi connectivity index (χ0n) is 14.0. The molecule has 3 nitrogen and oxygen atoms in total. The number of hydrogen-bond donors (Lipinski definition) is 1. The quantitative estimate of drug-likeness (QED) is 0.821. The van der Waals surface area contributed by atoms with Gasteiger partial charge in [0.15, 0.2) is 0 Å². The summed E-state index contributed by atoms with van der Waals surface area (Å²) < 4.78 is 11.3. The highest BCUT2D eigenvalue weighted by atomic mass is 16.5. The molecule has 0 aliphatic heterocycles. The minimum Gasteiger partial charge on any atom is -0.381 e. The van der Waals surface area contributed by atoms with Crippen molar-refractivity contribution >= 4 is 5.69 Å². The number of nitrogens with one attached hydrogen (secondary N) is 1. The lowest BCUT2D eigenvalue weighted by Gasteiger charge is -2.52. The van der Waals surface area contributed by atoms with E-state index in [2.05, 4.69) is 57.3 Å². The topological polar surface area (TPSA) is 30.5 Å². The van der Waals surface area contributed by atoms with Crippen LogP contribution in [0.4, 0.5) is 5.69 Å². The first-order valence-corrected chi connectivity index (χ1v) is 7.90. The zero-order chi connectivity index (χ0) is 15.5. The Balaban J connectivity index is 1.96. The number of methoxy groups -OCH3 is 1. The molecular weight excluding hydrogens is 262 g/mol. The van der Waals surface area contributed by atoms with Crippen LogP contribution in [0.5, 0.6) is 0 Å². The van der Waals surface area contributed by atoms with Crippen molar-refractivity contribution in [2.75, 3.05) is 19.0 Å². The first-order chi connectivity index (χ1) is 9.95. The van der Waals surface area contributed by atoms with Crippen molar-refractivity contribution in [1.29, 1.82) is 0 Å². The van der Waals surface area contributed by atoms with E-state index in [1.807, 2.05) is 0 Å². The molecule has 0 heterocycles. The van der Waals surface area contributed by atoms with Gasteiger partial charge in [-0.3, -0.25) is 0 Å². The van der Waals surface area contributed by atoms with Crippen molar-refractivity contribution in [3.8, 4) is 0 Å². The predicted octanol–water partition coefficient (Wildman–Crippen LogP) is 4.08. The lowest BCUT2D eigenvalue weighted by molar-refractivity contribution is -0.108. The Kier molecular flexibility index (Phi) is 5.28. The van der Waals surface area contributed by atoms with Crippen LogP contribution in [0.3, 0.4) is 0 Å². The Morgan fingerprint density at radius 2 is 2.00 bits per heavy atom. The summed E-state index contributed by atoms with van der Waals surface area (Å²) in [6.07, 6.45) is 1.42. The Morgan fingerprint density at radius 1 is 1.29 bits per heavy atom. The maximum absolute atomic E-state index is 6.04. The molecule has 2 unspecified atom stereocenters. The molecule has 1 fully saturated rings. The number of ether oxygens (including phenoxy) is 2. The number of hydrogen-bond acceptors (Lipinski definition) is 3. The molecule has 2 atom stereocenters. The number of rotatable bonds is 7. The average Bonchev–Trinajstić information content (AvgIpc) is 2.43. The molecule has 0 spiro atoms. The van der Waals surface area contributed by atoms with Gasteiger partial charge in [-0.15, -0.1) is 0 Å². The van der Waals surface area contributed by atoms with E-state index in [-0.39, 0.29) is 5.41 Å². The summed E-state index contributed by atoms with van der Waals surface area (Å²) in [5.74, 6) is 0.593. The van der Waals surface area contributed by atoms with Crippen LogP contribution in [0.15, 0.2) is 24.3 Å². The molecule has 1 aromatic rings. The summed E-state index contributed by atoms with van der Waals surface area (Å²) in [4.78, 5) is 0. The minimum atomic E-state index is 0.162. The molecule has 0 aromatic heterocycles. The molecule has 1 saturated carbocycles. The van der Waals surface area contributed by atoms with Crippen LogP contribution in [0.25, 0.3) is 0 Å². The van der Waals surface area contributed by atoms with Gasteiger partial charge in [0, 0.05) is 36.4 Å². The van der Waals surface area contributed by atoms with Crippen molar-refractivity contribution in [2.24, 2.45) is 11.3 Å². The maximum atomic E-state index is 6.04. The minimum absolute atomic E-state index is 0.162. The van der Waals surface area contributed by atoms with Crippen LogP contribution in [-0.2, 0) is 16.1 Å². The second kappa shape index (κ2) is 6.80. The Morgan fingerprint density at radius 3 is 2.62 bits per heavy atom. The Bertz CT molecular complexity index is 456. The predicted molar refractivity (Wildman–Crippen MR) is 87.5 cm³/mol. The highest BCUT2D eigenvalue weighted by Gasteiger charge is 2.49. The Hall–Kier alpha value is -1.06. The highest BCUT2D eigenvalue weighted by Crippen LogP contribution is 2.44. The molecule has 0 radical (unpaired) electrons. The van der Waals surface area contributed by atoms with Crippen molar-refractivity contribution in [1.82, 2.24) is 0 Å². The third kappa shape index (κ3) is 3.78. The van der Waals surface area contributed by atoms with E-state index in [9.17, 15) is 0 Å². The molecule has 2 rings (SSSR count). The molecule has 1 aliphatic rings. The number of anilines is 1. The van der Waals surface area contributed by atoms with Gasteiger partial charge in [0.2, 0.25) is 0 Å². The molecular formula is C18H29NO2. The molecule has 21 heavy (non-hydrogen) atoms. The molecule has 1 aliphatic carbocycles. The maximum Gasteiger partial charge on any atom is 0.0733 e. The summed E-state index contributed by atoms with van der Waals surface area (Å²) in [7, 11) is 1.74. The van der Waals surface area contributed by atoms with Crippen LogP contribution >= 0.6 is 0 Å². The summed E-state index contributed by atoms with van der Waals surface area (Å²) in [6.45, 7) is 10.5. The SMILES string of the molecule is COCc1ccccc1NC1CC(OCC(C)C)C1(C)C. The molecule has 1 aromatic carbocycles. The summed E-state index contributed by atoms with van der Waals surface area (Å²) in [5, 5.41) is 3.68. The number of benzene rings is 1. The van der Waals surface area contributed by atoms with E-state index in [1.54, 1.807) is 7.11 Å². The monoisotopic (exact) mass is 291 g/mol. The fourth-order valence-electron chi connectivity index (χ4n) is 2.85. The third-order valence-corrected chi connectivity index (χ3v) is 4.46. The van der Waals surface area contributed by atoms with Gasteiger partial charge in [-0.05, 0) is 18.4 Å². The van der Waals surface area contributed by atoms with Gasteiger partial charge in [0.25, 0.3) is 0 Å². The van der Waals surface area contributed by atoms with E-state index in [1.165, 1.54) is 11.3 Å². The van der Waals surface area contributed by atoms with E-state index >= 15 is 0 Å². The summed E-state index contributed by atoms with van der Waals surface area (Å²) in [5.41, 5.74) is 2.55. The van der Waals surface area contributed by atoms with Crippen LogP contribution < -0.4 is 5.32 Å². The van der Waals surface area contributed by atoms with Crippen LogP contribution in [0, 0.1) is 11.3 Å². The highest BCUT2D eigenvalue weighted by molar-refractivity contribution is 5.52. The van der Waals surface area contributed by atoms with Gasteiger partial charge in [-0.1, -0.05) is 45.9 Å². The number of para-hydroxylation sites is 1. The van der Waals surface area contributed by atoms with Crippen molar-refractivity contribution in [3.63, 3.8) is 0 Å². The molecule has 0 saturated heterocycles. The van der Waals surface area contributed by atoms with Gasteiger partial charge in [0.1, 0.15) is 0 Å². The standard InChI is InChI=1S/C18H29NO2/c1-13(2)11-21-17-10-16(18(17,3)4)19-15-9-7-6-8-14(15)12-20-5/h6-9,13,16-17,19H,10-12H2,1-5H3. The largest absolute Gasteiger partial charge is 0.381 e. The van der Waals surface area contributed by atoms with Gasteiger partial charge in [-0.2, -0.15) is 0 Å². The molecule has 3 heteroatoms.